The van der Waals surface area contributed by atoms with E-state index in [0.29, 0.717) is 24.2 Å². The first-order valence-electron chi connectivity index (χ1n) is 11.4. The predicted molar refractivity (Wildman–Crippen MR) is 129 cm³/mol. The van der Waals surface area contributed by atoms with E-state index in [0.717, 1.165) is 16.8 Å². The summed E-state index contributed by atoms with van der Waals surface area (Å²) in [5.41, 5.74) is 3.25. The lowest BCUT2D eigenvalue weighted by atomic mass is 9.91. The fourth-order valence-corrected chi connectivity index (χ4v) is 4.57. The van der Waals surface area contributed by atoms with Crippen molar-refractivity contribution in [3.8, 4) is 11.5 Å². The highest BCUT2D eigenvalue weighted by molar-refractivity contribution is 6.07. The minimum Gasteiger partial charge on any atom is -0.483 e. The largest absolute Gasteiger partial charge is 0.483 e. The second kappa shape index (κ2) is 9.02. The molecule has 180 valence electrons. The van der Waals surface area contributed by atoms with Gasteiger partial charge in [0.25, 0.3) is 0 Å². The summed E-state index contributed by atoms with van der Waals surface area (Å²) in [5, 5.41) is 8.81. The quantitative estimate of drug-likeness (QED) is 0.488. The highest BCUT2D eigenvalue weighted by Gasteiger charge is 2.35. The van der Waals surface area contributed by atoms with Crippen LogP contribution in [-0.4, -0.2) is 35.5 Å². The SMILES string of the molecule is CC1(C)Cc2cc(NC(=O)N3CC(c4ccccc4)C(c4ccccc4)=N3)cc(OC(F)F)c2O1. The zero-order valence-corrected chi connectivity index (χ0v) is 19.4. The second-order valence-electron chi connectivity index (χ2n) is 9.21. The van der Waals surface area contributed by atoms with E-state index in [9.17, 15) is 13.6 Å². The normalized spacial score (nSPS) is 18.1. The van der Waals surface area contributed by atoms with Gasteiger partial charge in [-0.3, -0.25) is 0 Å². The molecule has 0 bridgehead atoms. The summed E-state index contributed by atoms with van der Waals surface area (Å²) in [5.74, 6) is 0.0785. The van der Waals surface area contributed by atoms with E-state index in [1.54, 1.807) is 6.07 Å². The summed E-state index contributed by atoms with van der Waals surface area (Å²) in [6, 6.07) is 22.2. The van der Waals surface area contributed by atoms with Gasteiger partial charge in [-0.2, -0.15) is 13.9 Å². The van der Waals surface area contributed by atoms with E-state index in [-0.39, 0.29) is 17.4 Å². The van der Waals surface area contributed by atoms with E-state index < -0.39 is 18.2 Å². The van der Waals surface area contributed by atoms with E-state index >= 15 is 0 Å². The molecular formula is C27H25F2N3O3. The third-order valence-electron chi connectivity index (χ3n) is 6.01. The van der Waals surface area contributed by atoms with Crippen molar-refractivity contribution in [1.82, 2.24) is 5.01 Å². The van der Waals surface area contributed by atoms with Gasteiger partial charge in [-0.05, 0) is 31.0 Å². The van der Waals surface area contributed by atoms with Gasteiger partial charge in [0.05, 0.1) is 12.3 Å². The van der Waals surface area contributed by atoms with E-state index in [2.05, 4.69) is 10.4 Å². The third-order valence-corrected chi connectivity index (χ3v) is 6.01. The zero-order valence-electron chi connectivity index (χ0n) is 19.4. The molecule has 2 heterocycles. The lowest BCUT2D eigenvalue weighted by molar-refractivity contribution is -0.0522. The Kier molecular flexibility index (Phi) is 5.88. The molecule has 0 saturated carbocycles. The van der Waals surface area contributed by atoms with Crippen molar-refractivity contribution < 1.29 is 23.0 Å². The zero-order chi connectivity index (χ0) is 24.6. The fraction of sp³-hybridized carbons (Fsp3) is 0.259. The molecule has 0 fully saturated rings. The number of benzene rings is 3. The molecule has 0 radical (unpaired) electrons. The van der Waals surface area contributed by atoms with E-state index in [1.807, 2.05) is 74.5 Å². The van der Waals surface area contributed by atoms with Crippen LogP contribution in [0.3, 0.4) is 0 Å². The van der Waals surface area contributed by atoms with Crippen LogP contribution in [0.2, 0.25) is 0 Å². The van der Waals surface area contributed by atoms with Crippen molar-refractivity contribution in [2.24, 2.45) is 5.10 Å². The first kappa shape index (κ1) is 22.8. The third kappa shape index (κ3) is 4.82. The van der Waals surface area contributed by atoms with Gasteiger partial charge >= 0.3 is 12.6 Å². The molecule has 1 atom stereocenters. The lowest BCUT2D eigenvalue weighted by Crippen LogP contribution is -2.30. The number of carbonyl (C=O) groups is 1. The van der Waals surface area contributed by atoms with Gasteiger partial charge in [0.2, 0.25) is 0 Å². The smallest absolute Gasteiger partial charge is 0.387 e. The van der Waals surface area contributed by atoms with Gasteiger partial charge < -0.3 is 14.8 Å². The van der Waals surface area contributed by atoms with E-state index in [4.69, 9.17) is 9.47 Å². The van der Waals surface area contributed by atoms with Crippen molar-refractivity contribution in [3.05, 3.63) is 89.5 Å². The summed E-state index contributed by atoms with van der Waals surface area (Å²) in [6.07, 6.45) is 0.502. The molecule has 1 N–H and O–H groups in total. The van der Waals surface area contributed by atoms with Crippen LogP contribution in [-0.2, 0) is 6.42 Å². The molecule has 0 aliphatic carbocycles. The van der Waals surface area contributed by atoms with Crippen molar-refractivity contribution in [2.45, 2.75) is 38.4 Å². The molecule has 2 aliphatic heterocycles. The number of halogens is 2. The number of amides is 2. The number of urea groups is 1. The number of fused-ring (bicyclic) bond motifs is 1. The van der Waals surface area contributed by atoms with Gasteiger partial charge in [0.15, 0.2) is 11.5 Å². The first-order chi connectivity index (χ1) is 16.8. The van der Waals surface area contributed by atoms with Crippen LogP contribution in [0.15, 0.2) is 77.9 Å². The molecule has 0 aromatic heterocycles. The highest BCUT2D eigenvalue weighted by atomic mass is 19.3. The maximum atomic E-state index is 13.2. The number of ether oxygens (including phenoxy) is 2. The Hall–Kier alpha value is -3.94. The van der Waals surface area contributed by atoms with Crippen LogP contribution in [0.25, 0.3) is 0 Å². The van der Waals surface area contributed by atoms with Crippen molar-refractivity contribution >= 4 is 17.4 Å². The van der Waals surface area contributed by atoms with Crippen LogP contribution in [0.1, 0.15) is 36.5 Å². The Balaban J connectivity index is 1.42. The Labute approximate surface area is 202 Å². The molecule has 5 rings (SSSR count). The topological polar surface area (TPSA) is 63.2 Å². The molecule has 0 spiro atoms. The van der Waals surface area contributed by atoms with Crippen LogP contribution in [0.4, 0.5) is 19.3 Å². The molecule has 6 nitrogen and oxygen atoms in total. The molecule has 2 amide bonds. The van der Waals surface area contributed by atoms with Crippen LogP contribution >= 0.6 is 0 Å². The number of rotatable bonds is 5. The molecule has 3 aromatic carbocycles. The Morgan fingerprint density at radius 3 is 2.49 bits per heavy atom. The Bertz CT molecular complexity index is 1260. The number of anilines is 1. The maximum absolute atomic E-state index is 13.2. The monoisotopic (exact) mass is 477 g/mol. The molecular weight excluding hydrogens is 452 g/mol. The molecule has 1 unspecified atom stereocenters. The minimum absolute atomic E-state index is 0.101. The van der Waals surface area contributed by atoms with Crippen molar-refractivity contribution in [3.63, 3.8) is 0 Å². The molecule has 3 aromatic rings. The number of hydrogen-bond donors (Lipinski definition) is 1. The van der Waals surface area contributed by atoms with Crippen molar-refractivity contribution in [2.75, 3.05) is 11.9 Å². The summed E-state index contributed by atoms with van der Waals surface area (Å²) < 4.78 is 36.6. The molecule has 8 heteroatoms. The van der Waals surface area contributed by atoms with Crippen LogP contribution in [0.5, 0.6) is 11.5 Å². The van der Waals surface area contributed by atoms with Crippen LogP contribution < -0.4 is 14.8 Å². The van der Waals surface area contributed by atoms with Gasteiger partial charge in [0.1, 0.15) is 5.60 Å². The maximum Gasteiger partial charge on any atom is 0.387 e. The molecule has 0 saturated heterocycles. The number of carbonyl (C=O) groups excluding carboxylic acids is 1. The number of nitrogens with zero attached hydrogens (tertiary/aromatic N) is 2. The standard InChI is InChI=1S/C27H25F2N3O3/c1-27(2)15-19-13-20(14-22(24(19)35-27)34-25(28)29)30-26(33)32-16-21(17-9-5-3-6-10-17)23(31-32)18-11-7-4-8-12-18/h3-14,21,25H,15-16H2,1-2H3,(H,30,33). The fourth-order valence-electron chi connectivity index (χ4n) is 4.57. The summed E-state index contributed by atoms with van der Waals surface area (Å²) in [4.78, 5) is 13.2. The van der Waals surface area contributed by atoms with Crippen LogP contribution in [0, 0.1) is 0 Å². The highest BCUT2D eigenvalue weighted by Crippen LogP contribution is 2.44. The lowest BCUT2D eigenvalue weighted by Gasteiger charge is -2.18. The van der Waals surface area contributed by atoms with E-state index in [1.165, 1.54) is 11.1 Å². The first-order valence-corrected chi connectivity index (χ1v) is 11.4. The van der Waals surface area contributed by atoms with Crippen molar-refractivity contribution in [1.29, 1.82) is 0 Å². The van der Waals surface area contributed by atoms with Gasteiger partial charge in [-0.15, -0.1) is 0 Å². The Morgan fingerprint density at radius 1 is 1.11 bits per heavy atom. The predicted octanol–water partition coefficient (Wildman–Crippen LogP) is 6.04. The van der Waals surface area contributed by atoms with Gasteiger partial charge in [-0.25, -0.2) is 9.80 Å². The Morgan fingerprint density at radius 2 is 1.80 bits per heavy atom. The average molecular weight is 478 g/mol. The number of nitrogens with one attached hydrogen (secondary N) is 1. The molecule has 35 heavy (non-hydrogen) atoms. The van der Waals surface area contributed by atoms with Gasteiger partial charge in [-0.1, -0.05) is 60.7 Å². The summed E-state index contributed by atoms with van der Waals surface area (Å²) in [6.45, 7) is 1.07. The average Bonchev–Trinajstić information content (AvgIpc) is 3.40. The minimum atomic E-state index is -3.01. The number of alkyl halides is 2. The number of hydrazone groups is 1. The molecule has 2 aliphatic rings. The van der Waals surface area contributed by atoms with Gasteiger partial charge in [0, 0.05) is 29.7 Å². The summed E-state index contributed by atoms with van der Waals surface area (Å²) >= 11 is 0. The second-order valence-corrected chi connectivity index (χ2v) is 9.21. The number of hydrogen-bond acceptors (Lipinski definition) is 4. The summed E-state index contributed by atoms with van der Waals surface area (Å²) in [7, 11) is 0.